The minimum atomic E-state index is 0.396. The van der Waals surface area contributed by atoms with E-state index in [2.05, 4.69) is 26.0 Å². The van der Waals surface area contributed by atoms with Crippen molar-refractivity contribution in [3.8, 4) is 0 Å². The molecule has 3 aliphatic carbocycles. The summed E-state index contributed by atoms with van der Waals surface area (Å²) in [5.74, 6) is 3.22. The third-order valence-electron chi connectivity index (χ3n) is 4.56. The highest BCUT2D eigenvalue weighted by Gasteiger charge is 2.62. The Morgan fingerprint density at radius 1 is 1.20 bits per heavy atom. The Kier molecular flexibility index (Phi) is 2.07. The van der Waals surface area contributed by atoms with Gasteiger partial charge in [0.15, 0.2) is 0 Å². The monoisotopic (exact) mass is 203 g/mol. The number of hydrogen-bond acceptors (Lipinski definition) is 1. The Balaban J connectivity index is 1.70. The van der Waals surface area contributed by atoms with Crippen LogP contribution in [0.15, 0.2) is 23.3 Å². The van der Waals surface area contributed by atoms with Gasteiger partial charge in [-0.25, -0.2) is 0 Å². The molecule has 1 fully saturated rings. The topological polar surface area (TPSA) is 26.0 Å². The molecule has 3 rings (SSSR count). The van der Waals surface area contributed by atoms with Gasteiger partial charge in [-0.3, -0.25) is 0 Å². The highest BCUT2D eigenvalue weighted by molar-refractivity contribution is 5.62. The summed E-state index contributed by atoms with van der Waals surface area (Å²) in [5.41, 5.74) is 9.77. The van der Waals surface area contributed by atoms with E-state index in [-0.39, 0.29) is 0 Å². The summed E-state index contributed by atoms with van der Waals surface area (Å²) in [6.45, 7) is 4.55. The minimum absolute atomic E-state index is 0.396. The van der Waals surface area contributed by atoms with E-state index in [1.165, 1.54) is 19.3 Å². The van der Waals surface area contributed by atoms with Crippen LogP contribution in [-0.2, 0) is 0 Å². The van der Waals surface area contributed by atoms with Gasteiger partial charge in [0.25, 0.3) is 0 Å². The lowest BCUT2D eigenvalue weighted by atomic mass is 9.80. The van der Waals surface area contributed by atoms with Crippen molar-refractivity contribution in [2.75, 3.05) is 0 Å². The Morgan fingerprint density at radius 3 is 2.47 bits per heavy atom. The zero-order valence-electron chi connectivity index (χ0n) is 9.74. The van der Waals surface area contributed by atoms with Gasteiger partial charge in [-0.15, -0.1) is 0 Å². The van der Waals surface area contributed by atoms with E-state index in [4.69, 9.17) is 5.73 Å². The molecule has 0 radical (unpaired) electrons. The normalized spacial score (nSPS) is 46.7. The maximum absolute atomic E-state index is 6.27. The van der Waals surface area contributed by atoms with Gasteiger partial charge in [0.1, 0.15) is 0 Å². The van der Waals surface area contributed by atoms with Gasteiger partial charge in [-0.05, 0) is 31.1 Å². The lowest BCUT2D eigenvalue weighted by molar-refractivity contribution is 0.410. The van der Waals surface area contributed by atoms with Crippen LogP contribution in [0.3, 0.4) is 0 Å². The summed E-state index contributed by atoms with van der Waals surface area (Å²) < 4.78 is 0. The van der Waals surface area contributed by atoms with E-state index in [9.17, 15) is 0 Å². The summed E-state index contributed by atoms with van der Waals surface area (Å²) in [5, 5.41) is 0. The fraction of sp³-hybridized carbons (Fsp3) is 0.714. The van der Waals surface area contributed by atoms with E-state index >= 15 is 0 Å². The van der Waals surface area contributed by atoms with Gasteiger partial charge < -0.3 is 5.73 Å². The summed E-state index contributed by atoms with van der Waals surface area (Å²) in [7, 11) is 0. The smallest absolute Gasteiger partial charge is 0.0145 e. The van der Waals surface area contributed by atoms with Crippen LogP contribution in [0.4, 0.5) is 0 Å². The molecule has 0 saturated heterocycles. The Bertz CT molecular complexity index is 339. The number of hydrogen-bond donors (Lipinski definition) is 1. The number of nitrogens with two attached hydrogens (primary N) is 1. The molecule has 2 N–H and O–H groups in total. The molecule has 3 aliphatic rings. The highest BCUT2D eigenvalue weighted by Crippen LogP contribution is 2.71. The molecule has 0 heterocycles. The van der Waals surface area contributed by atoms with E-state index in [1.807, 2.05) is 0 Å². The van der Waals surface area contributed by atoms with Crippen molar-refractivity contribution in [2.45, 2.75) is 39.2 Å². The van der Waals surface area contributed by atoms with Crippen molar-refractivity contribution in [3.05, 3.63) is 23.3 Å². The molecule has 0 aromatic carbocycles. The van der Waals surface area contributed by atoms with Crippen LogP contribution in [-0.4, -0.2) is 6.04 Å². The van der Waals surface area contributed by atoms with Gasteiger partial charge >= 0.3 is 0 Å². The quantitative estimate of drug-likeness (QED) is 0.701. The first-order chi connectivity index (χ1) is 7.27. The molecule has 1 nitrogen and oxygen atoms in total. The molecule has 1 saturated carbocycles. The number of fused-ring (bicyclic) bond motifs is 1. The molecule has 0 aliphatic heterocycles. The van der Waals surface area contributed by atoms with Crippen molar-refractivity contribution in [3.63, 3.8) is 0 Å². The second kappa shape index (κ2) is 3.21. The van der Waals surface area contributed by atoms with E-state index in [0.717, 1.165) is 17.8 Å². The molecular formula is C14H21N. The van der Waals surface area contributed by atoms with Gasteiger partial charge in [0.05, 0.1) is 0 Å². The SMILES string of the molecule is CCC1C=CC(C2=C3C2[C@H]3CC)C(N)C1. The van der Waals surface area contributed by atoms with E-state index < -0.39 is 0 Å². The van der Waals surface area contributed by atoms with Gasteiger partial charge in [-0.2, -0.15) is 0 Å². The predicted molar refractivity (Wildman–Crippen MR) is 63.3 cm³/mol. The van der Waals surface area contributed by atoms with Gasteiger partial charge in [0, 0.05) is 17.9 Å². The molecule has 0 aromatic rings. The summed E-state index contributed by atoms with van der Waals surface area (Å²) in [4.78, 5) is 0. The van der Waals surface area contributed by atoms with Crippen molar-refractivity contribution in [2.24, 2.45) is 29.4 Å². The van der Waals surface area contributed by atoms with Crippen molar-refractivity contribution >= 4 is 0 Å². The third kappa shape index (κ3) is 1.32. The molecule has 5 atom stereocenters. The summed E-state index contributed by atoms with van der Waals surface area (Å²) >= 11 is 0. The van der Waals surface area contributed by atoms with E-state index in [1.54, 1.807) is 11.1 Å². The molecular weight excluding hydrogens is 182 g/mol. The maximum Gasteiger partial charge on any atom is 0.0145 e. The molecule has 0 spiro atoms. The lowest BCUT2D eigenvalue weighted by Crippen LogP contribution is -2.34. The van der Waals surface area contributed by atoms with Crippen molar-refractivity contribution < 1.29 is 0 Å². The standard InChI is InChI=1S/C14H21N/c1-3-8-5-6-10(11(15)7-8)14-12-9(4-2)13(12)14/h5-6,8-12H,3-4,7,15H2,1-2H3/t8?,9-,10?,11?,12?/m1/s1. The van der Waals surface area contributed by atoms with Gasteiger partial charge in [0.2, 0.25) is 0 Å². The molecule has 0 bridgehead atoms. The summed E-state index contributed by atoms with van der Waals surface area (Å²) in [6.07, 6.45) is 8.57. The van der Waals surface area contributed by atoms with Crippen LogP contribution in [0.1, 0.15) is 33.1 Å². The molecule has 4 unspecified atom stereocenters. The zero-order valence-corrected chi connectivity index (χ0v) is 9.74. The third-order valence-corrected chi connectivity index (χ3v) is 4.56. The summed E-state index contributed by atoms with van der Waals surface area (Å²) in [6, 6.07) is 0.396. The van der Waals surface area contributed by atoms with Crippen LogP contribution in [0, 0.1) is 23.7 Å². The predicted octanol–water partition coefficient (Wildman–Crippen LogP) is 2.88. The first-order valence-corrected chi connectivity index (χ1v) is 6.45. The second-order valence-corrected chi connectivity index (χ2v) is 5.38. The van der Waals surface area contributed by atoms with Crippen LogP contribution in [0.5, 0.6) is 0 Å². The minimum Gasteiger partial charge on any atom is -0.327 e. The Hall–Kier alpha value is -0.560. The Labute approximate surface area is 92.4 Å². The fourth-order valence-corrected chi connectivity index (χ4v) is 3.41. The molecule has 15 heavy (non-hydrogen) atoms. The largest absolute Gasteiger partial charge is 0.327 e. The Morgan fingerprint density at radius 2 is 1.93 bits per heavy atom. The van der Waals surface area contributed by atoms with Crippen molar-refractivity contribution in [1.29, 1.82) is 0 Å². The van der Waals surface area contributed by atoms with Crippen LogP contribution in [0.2, 0.25) is 0 Å². The molecule has 82 valence electrons. The first kappa shape index (κ1) is 9.65. The highest BCUT2D eigenvalue weighted by atomic mass is 14.7. The molecule has 1 heteroatoms. The lowest BCUT2D eigenvalue weighted by Gasteiger charge is -2.29. The zero-order chi connectivity index (χ0) is 10.6. The van der Waals surface area contributed by atoms with Crippen LogP contribution < -0.4 is 5.73 Å². The van der Waals surface area contributed by atoms with Gasteiger partial charge in [-0.1, -0.05) is 37.1 Å². The fourth-order valence-electron chi connectivity index (χ4n) is 3.41. The molecule has 0 amide bonds. The van der Waals surface area contributed by atoms with Crippen LogP contribution in [0.25, 0.3) is 0 Å². The van der Waals surface area contributed by atoms with Crippen molar-refractivity contribution in [1.82, 2.24) is 0 Å². The average molecular weight is 203 g/mol. The second-order valence-electron chi connectivity index (χ2n) is 5.38. The number of allylic oxidation sites excluding steroid dienone is 2. The van der Waals surface area contributed by atoms with Crippen LogP contribution >= 0.6 is 0 Å². The number of rotatable bonds is 3. The maximum atomic E-state index is 6.27. The average Bonchev–Trinajstić information content (AvgIpc) is 3.10. The first-order valence-electron chi connectivity index (χ1n) is 6.45. The molecule has 0 aromatic heterocycles. The van der Waals surface area contributed by atoms with E-state index in [0.29, 0.717) is 12.0 Å².